The number of amides is 1. The van der Waals surface area contributed by atoms with Crippen LogP contribution in [0.25, 0.3) is 11.0 Å². The Bertz CT molecular complexity index is 1500. The molecule has 1 aliphatic heterocycles. The molecule has 2 aromatic carbocycles. The minimum Gasteiger partial charge on any atom is -0.503 e. The number of hydrogen-bond donors (Lipinski definition) is 1. The number of nitrogens with zero attached hydrogens (tertiary/aromatic N) is 1. The summed E-state index contributed by atoms with van der Waals surface area (Å²) >= 11 is 6.15. The van der Waals surface area contributed by atoms with Crippen LogP contribution in [-0.2, 0) is 11.3 Å². The number of ketones is 1. The van der Waals surface area contributed by atoms with E-state index in [9.17, 15) is 14.7 Å². The maximum absolute atomic E-state index is 13.7. The normalized spacial score (nSPS) is 15.9. The molecule has 8 heteroatoms. The van der Waals surface area contributed by atoms with Gasteiger partial charge in [-0.3, -0.25) is 9.59 Å². The van der Waals surface area contributed by atoms with E-state index in [-0.39, 0.29) is 17.9 Å². The van der Waals surface area contributed by atoms with E-state index in [0.717, 1.165) is 16.7 Å². The number of halogens is 1. The predicted molar refractivity (Wildman–Crippen MR) is 130 cm³/mol. The molecule has 0 saturated carbocycles. The molecule has 0 aliphatic carbocycles. The van der Waals surface area contributed by atoms with E-state index in [1.807, 2.05) is 32.0 Å². The Hall–Kier alpha value is -3.97. The van der Waals surface area contributed by atoms with Crippen LogP contribution in [0.15, 0.2) is 75.0 Å². The van der Waals surface area contributed by atoms with Gasteiger partial charge in [-0.2, -0.15) is 0 Å². The monoisotopic (exact) mass is 491 g/mol. The molecule has 0 radical (unpaired) electrons. The molecule has 0 spiro atoms. The van der Waals surface area contributed by atoms with Gasteiger partial charge in [-0.25, -0.2) is 0 Å². The molecule has 1 unspecified atom stereocenters. The summed E-state index contributed by atoms with van der Waals surface area (Å²) in [6.07, 6.45) is 1.46. The van der Waals surface area contributed by atoms with Crippen LogP contribution in [0.2, 0.25) is 5.02 Å². The summed E-state index contributed by atoms with van der Waals surface area (Å²) in [6, 6.07) is 13.1. The van der Waals surface area contributed by atoms with Crippen molar-refractivity contribution in [3.8, 4) is 5.75 Å². The van der Waals surface area contributed by atoms with Crippen LogP contribution in [0.4, 0.5) is 0 Å². The van der Waals surface area contributed by atoms with Gasteiger partial charge >= 0.3 is 0 Å². The van der Waals surface area contributed by atoms with E-state index in [1.165, 1.54) is 24.3 Å². The number of carbonyl (C=O) groups is 2. The first-order chi connectivity index (χ1) is 16.8. The maximum atomic E-state index is 13.7. The predicted octanol–water partition coefficient (Wildman–Crippen LogP) is 6.08. The Morgan fingerprint density at radius 3 is 2.69 bits per heavy atom. The van der Waals surface area contributed by atoms with Crippen molar-refractivity contribution in [2.75, 3.05) is 7.11 Å². The van der Waals surface area contributed by atoms with Gasteiger partial charge in [-0.1, -0.05) is 35.4 Å². The average Bonchev–Trinajstić information content (AvgIpc) is 3.56. The number of aliphatic hydroxyl groups is 1. The summed E-state index contributed by atoms with van der Waals surface area (Å²) in [5, 5.41) is 11.9. The van der Waals surface area contributed by atoms with Gasteiger partial charge in [0.25, 0.3) is 5.91 Å². The Balaban J connectivity index is 1.59. The van der Waals surface area contributed by atoms with Gasteiger partial charge < -0.3 is 23.6 Å². The second-order valence-corrected chi connectivity index (χ2v) is 8.95. The minimum atomic E-state index is -0.927. The van der Waals surface area contributed by atoms with Crippen LogP contribution < -0.4 is 4.74 Å². The van der Waals surface area contributed by atoms with E-state index in [0.29, 0.717) is 27.5 Å². The molecule has 0 saturated heterocycles. The zero-order chi connectivity index (χ0) is 24.9. The number of Topliss-reactive ketones (excluding diaryl/α,β-unsaturated/α-hetero) is 1. The standard InChI is InChI=1S/C27H22ClNO6/c1-14-6-7-15(2)17(9-14)13-29-23(19-5-4-8-34-19)22(25(31)27(29)32)24(30)20-11-16-10-18(28)12-21(33-3)26(16)35-20/h4-12,23,31H,13H2,1-3H3. The highest BCUT2D eigenvalue weighted by atomic mass is 35.5. The lowest BCUT2D eigenvalue weighted by Gasteiger charge is -2.25. The van der Waals surface area contributed by atoms with E-state index < -0.39 is 23.5 Å². The highest BCUT2D eigenvalue weighted by Gasteiger charge is 2.46. The van der Waals surface area contributed by atoms with Crippen molar-refractivity contribution in [2.24, 2.45) is 0 Å². The maximum Gasteiger partial charge on any atom is 0.290 e. The molecule has 0 bridgehead atoms. The van der Waals surface area contributed by atoms with Crippen molar-refractivity contribution in [2.45, 2.75) is 26.4 Å². The van der Waals surface area contributed by atoms with Crippen molar-refractivity contribution >= 4 is 34.3 Å². The molecule has 1 amide bonds. The van der Waals surface area contributed by atoms with Crippen molar-refractivity contribution in [1.82, 2.24) is 4.90 Å². The van der Waals surface area contributed by atoms with Gasteiger partial charge in [0.05, 0.1) is 18.9 Å². The Morgan fingerprint density at radius 2 is 1.97 bits per heavy atom. The van der Waals surface area contributed by atoms with Crippen LogP contribution in [0, 0.1) is 13.8 Å². The van der Waals surface area contributed by atoms with Crippen LogP contribution >= 0.6 is 11.6 Å². The number of rotatable bonds is 6. The summed E-state index contributed by atoms with van der Waals surface area (Å²) in [5.41, 5.74) is 3.16. The molecular formula is C27H22ClNO6. The molecule has 4 aromatic rings. The van der Waals surface area contributed by atoms with Crippen molar-refractivity contribution < 1.29 is 28.3 Å². The molecule has 2 aromatic heterocycles. The summed E-state index contributed by atoms with van der Waals surface area (Å²) in [5.74, 6) is -1.26. The van der Waals surface area contributed by atoms with E-state index >= 15 is 0 Å². The SMILES string of the molecule is COc1cc(Cl)cc2cc(C(=O)C3=C(O)C(=O)N(Cc4cc(C)ccc4C)C3c3ccco3)oc12. The second-order valence-electron chi connectivity index (χ2n) is 8.51. The third kappa shape index (κ3) is 3.88. The van der Waals surface area contributed by atoms with Gasteiger partial charge in [-0.05, 0) is 49.2 Å². The number of furan rings is 2. The highest BCUT2D eigenvalue weighted by Crippen LogP contribution is 2.41. The molecule has 5 rings (SSSR count). The third-order valence-electron chi connectivity index (χ3n) is 6.20. The van der Waals surface area contributed by atoms with Crippen molar-refractivity contribution in [3.05, 3.63) is 99.4 Å². The van der Waals surface area contributed by atoms with Crippen molar-refractivity contribution in [3.63, 3.8) is 0 Å². The van der Waals surface area contributed by atoms with Gasteiger partial charge in [0.1, 0.15) is 11.8 Å². The third-order valence-corrected chi connectivity index (χ3v) is 6.42. The minimum absolute atomic E-state index is 0.0555. The van der Waals surface area contributed by atoms with Crippen LogP contribution in [0.1, 0.15) is 39.0 Å². The number of hydrogen-bond acceptors (Lipinski definition) is 6. The van der Waals surface area contributed by atoms with Gasteiger partial charge in [0, 0.05) is 23.0 Å². The Labute approximate surface area is 206 Å². The topological polar surface area (TPSA) is 93.1 Å². The van der Waals surface area contributed by atoms with Crippen LogP contribution in [0.3, 0.4) is 0 Å². The van der Waals surface area contributed by atoms with E-state index in [1.54, 1.807) is 24.3 Å². The summed E-state index contributed by atoms with van der Waals surface area (Å²) < 4.78 is 16.7. The number of benzene rings is 2. The molecule has 3 heterocycles. The fourth-order valence-corrected chi connectivity index (χ4v) is 4.64. The summed E-state index contributed by atoms with van der Waals surface area (Å²) in [6.45, 7) is 4.09. The van der Waals surface area contributed by atoms with Gasteiger partial charge in [0.15, 0.2) is 22.9 Å². The fourth-order valence-electron chi connectivity index (χ4n) is 4.43. The Morgan fingerprint density at radius 1 is 1.17 bits per heavy atom. The molecule has 0 fully saturated rings. The first kappa shape index (κ1) is 22.8. The van der Waals surface area contributed by atoms with E-state index in [2.05, 4.69) is 0 Å². The van der Waals surface area contributed by atoms with E-state index in [4.69, 9.17) is 25.2 Å². The zero-order valence-electron chi connectivity index (χ0n) is 19.3. The number of ether oxygens (including phenoxy) is 1. The lowest BCUT2D eigenvalue weighted by molar-refractivity contribution is -0.130. The summed E-state index contributed by atoms with van der Waals surface area (Å²) in [7, 11) is 1.47. The quantitative estimate of drug-likeness (QED) is 0.328. The van der Waals surface area contributed by atoms with Gasteiger partial charge in [-0.15, -0.1) is 0 Å². The molecule has 1 aliphatic rings. The van der Waals surface area contributed by atoms with Crippen LogP contribution in [-0.4, -0.2) is 28.8 Å². The molecule has 1 N–H and O–H groups in total. The molecule has 7 nitrogen and oxygen atoms in total. The van der Waals surface area contributed by atoms with Crippen LogP contribution in [0.5, 0.6) is 5.75 Å². The number of fused-ring (bicyclic) bond motifs is 1. The number of aliphatic hydroxyl groups excluding tert-OH is 1. The largest absolute Gasteiger partial charge is 0.503 e. The first-order valence-corrected chi connectivity index (χ1v) is 11.3. The first-order valence-electron chi connectivity index (χ1n) is 10.9. The molecule has 35 heavy (non-hydrogen) atoms. The number of carbonyl (C=O) groups excluding carboxylic acids is 2. The highest BCUT2D eigenvalue weighted by molar-refractivity contribution is 6.31. The molecule has 1 atom stereocenters. The fraction of sp³-hybridized carbons (Fsp3) is 0.185. The second kappa shape index (κ2) is 8.67. The average molecular weight is 492 g/mol. The number of methoxy groups -OCH3 is 1. The number of aryl methyl sites for hydroxylation is 2. The smallest absolute Gasteiger partial charge is 0.290 e. The lowest BCUT2D eigenvalue weighted by Crippen LogP contribution is -2.30. The summed E-state index contributed by atoms with van der Waals surface area (Å²) in [4.78, 5) is 28.3. The van der Waals surface area contributed by atoms with Gasteiger partial charge in [0.2, 0.25) is 5.78 Å². The lowest BCUT2D eigenvalue weighted by atomic mass is 9.98. The van der Waals surface area contributed by atoms with Crippen molar-refractivity contribution in [1.29, 1.82) is 0 Å². The zero-order valence-corrected chi connectivity index (χ0v) is 20.1. The molecule has 178 valence electrons. The Kier molecular flexibility index (Phi) is 5.65. The molecular weight excluding hydrogens is 470 g/mol.